The summed E-state index contributed by atoms with van der Waals surface area (Å²) in [5.74, 6) is 0.701. The number of nitrogens with one attached hydrogen (secondary N) is 1. The summed E-state index contributed by atoms with van der Waals surface area (Å²) in [5.41, 5.74) is 1.52. The lowest BCUT2D eigenvalue weighted by Crippen LogP contribution is -2.43. The van der Waals surface area contributed by atoms with Crippen LogP contribution in [0.3, 0.4) is 0 Å². The summed E-state index contributed by atoms with van der Waals surface area (Å²) >= 11 is 0. The fourth-order valence-electron chi connectivity index (χ4n) is 3.33. The monoisotopic (exact) mass is 274 g/mol. The quantitative estimate of drug-likeness (QED) is 0.852. The van der Waals surface area contributed by atoms with Crippen molar-refractivity contribution in [3.8, 4) is 0 Å². The average Bonchev–Trinajstić information content (AvgIpc) is 2.47. The zero-order valence-corrected chi connectivity index (χ0v) is 13.3. The third kappa shape index (κ3) is 4.60. The van der Waals surface area contributed by atoms with Crippen LogP contribution in [-0.4, -0.2) is 37.6 Å². The Bertz CT molecular complexity index is 374. The van der Waals surface area contributed by atoms with Gasteiger partial charge in [0.15, 0.2) is 0 Å². The Morgan fingerprint density at radius 1 is 1.15 bits per heavy atom. The fraction of sp³-hybridized carbons (Fsp3) is 0.667. The van der Waals surface area contributed by atoms with Gasteiger partial charge >= 0.3 is 0 Å². The van der Waals surface area contributed by atoms with Gasteiger partial charge in [-0.15, -0.1) is 0 Å². The minimum Gasteiger partial charge on any atom is -0.311 e. The van der Waals surface area contributed by atoms with Crippen molar-refractivity contribution in [1.82, 2.24) is 10.2 Å². The van der Waals surface area contributed by atoms with Crippen LogP contribution in [0, 0.1) is 0 Å². The normalized spacial score (nSPS) is 24.8. The summed E-state index contributed by atoms with van der Waals surface area (Å²) in [6.07, 6.45) is 6.64. The molecule has 20 heavy (non-hydrogen) atoms. The number of rotatable bonds is 6. The molecule has 0 aliphatic heterocycles. The zero-order chi connectivity index (χ0) is 14.4. The van der Waals surface area contributed by atoms with Gasteiger partial charge in [0, 0.05) is 12.1 Å². The minimum atomic E-state index is 0.603. The molecule has 1 aliphatic carbocycles. The Labute approximate surface area is 124 Å². The molecule has 0 aromatic heterocycles. The van der Waals surface area contributed by atoms with Crippen molar-refractivity contribution in [2.24, 2.45) is 0 Å². The fourth-order valence-corrected chi connectivity index (χ4v) is 3.33. The molecule has 1 fully saturated rings. The highest BCUT2D eigenvalue weighted by molar-refractivity contribution is 5.22. The highest BCUT2D eigenvalue weighted by Gasteiger charge is 2.27. The van der Waals surface area contributed by atoms with Gasteiger partial charge < -0.3 is 10.2 Å². The van der Waals surface area contributed by atoms with E-state index in [0.29, 0.717) is 18.0 Å². The van der Waals surface area contributed by atoms with E-state index in [1.54, 1.807) is 0 Å². The molecule has 3 atom stereocenters. The van der Waals surface area contributed by atoms with E-state index in [4.69, 9.17) is 0 Å². The van der Waals surface area contributed by atoms with E-state index in [1.807, 2.05) is 0 Å². The van der Waals surface area contributed by atoms with Crippen molar-refractivity contribution < 1.29 is 0 Å². The topological polar surface area (TPSA) is 15.3 Å². The number of nitrogens with zero attached hydrogens (tertiary/aromatic N) is 1. The second-order valence-electron chi connectivity index (χ2n) is 6.57. The van der Waals surface area contributed by atoms with Crippen molar-refractivity contribution >= 4 is 0 Å². The Hall–Kier alpha value is -0.860. The molecule has 1 aromatic rings. The first-order chi connectivity index (χ1) is 9.66. The number of hydrogen-bond acceptors (Lipinski definition) is 2. The Kier molecular flexibility index (Phi) is 6.06. The maximum absolute atomic E-state index is 3.90. The van der Waals surface area contributed by atoms with Crippen LogP contribution in [-0.2, 0) is 0 Å². The van der Waals surface area contributed by atoms with Crippen molar-refractivity contribution in [2.75, 3.05) is 20.6 Å². The van der Waals surface area contributed by atoms with Crippen LogP contribution in [0.4, 0.5) is 0 Å². The first-order valence-corrected chi connectivity index (χ1v) is 8.12. The van der Waals surface area contributed by atoms with Crippen LogP contribution in [0.15, 0.2) is 30.3 Å². The van der Waals surface area contributed by atoms with Crippen molar-refractivity contribution in [3.63, 3.8) is 0 Å². The molecule has 1 saturated carbocycles. The molecule has 0 heterocycles. The molecule has 3 unspecified atom stereocenters. The van der Waals surface area contributed by atoms with Crippen molar-refractivity contribution in [1.29, 1.82) is 0 Å². The first-order valence-electron chi connectivity index (χ1n) is 8.12. The van der Waals surface area contributed by atoms with Gasteiger partial charge in [-0.25, -0.2) is 0 Å². The van der Waals surface area contributed by atoms with Crippen LogP contribution in [0.2, 0.25) is 0 Å². The molecule has 1 aromatic carbocycles. The molecule has 0 spiro atoms. The first kappa shape index (κ1) is 15.5. The Morgan fingerprint density at radius 3 is 2.55 bits per heavy atom. The molecular formula is C18H30N2. The smallest absolute Gasteiger partial charge is 0.0138 e. The van der Waals surface area contributed by atoms with E-state index in [2.05, 4.69) is 61.6 Å². The maximum atomic E-state index is 3.90. The Morgan fingerprint density at radius 2 is 1.85 bits per heavy atom. The SMILES string of the molecule is CC(CCN(C)C)NC1CCCCC1c1ccccc1. The van der Waals surface area contributed by atoms with Crippen LogP contribution >= 0.6 is 0 Å². The van der Waals surface area contributed by atoms with Gasteiger partial charge in [0.25, 0.3) is 0 Å². The van der Waals surface area contributed by atoms with Crippen LogP contribution < -0.4 is 5.32 Å². The Balaban J connectivity index is 1.93. The maximum Gasteiger partial charge on any atom is 0.0138 e. The lowest BCUT2D eigenvalue weighted by Gasteiger charge is -2.35. The standard InChI is InChI=1S/C18H30N2/c1-15(13-14-20(2)3)19-18-12-8-7-11-17(18)16-9-5-4-6-10-16/h4-6,9-10,15,17-19H,7-8,11-14H2,1-3H3. The van der Waals surface area contributed by atoms with Gasteiger partial charge in [-0.3, -0.25) is 0 Å². The highest BCUT2D eigenvalue weighted by Crippen LogP contribution is 2.33. The van der Waals surface area contributed by atoms with E-state index in [0.717, 1.165) is 6.54 Å². The molecular weight excluding hydrogens is 244 g/mol. The molecule has 112 valence electrons. The second-order valence-corrected chi connectivity index (χ2v) is 6.57. The predicted molar refractivity (Wildman–Crippen MR) is 87.2 cm³/mol. The molecule has 2 heteroatoms. The van der Waals surface area contributed by atoms with Crippen molar-refractivity contribution in [2.45, 2.75) is 57.0 Å². The number of hydrogen-bond donors (Lipinski definition) is 1. The second kappa shape index (κ2) is 7.80. The van der Waals surface area contributed by atoms with Crippen LogP contribution in [0.25, 0.3) is 0 Å². The summed E-state index contributed by atoms with van der Waals surface area (Å²) in [4.78, 5) is 2.27. The van der Waals surface area contributed by atoms with Gasteiger partial charge in [-0.2, -0.15) is 0 Å². The lowest BCUT2D eigenvalue weighted by atomic mass is 9.79. The molecule has 0 radical (unpaired) electrons. The molecule has 2 rings (SSSR count). The van der Waals surface area contributed by atoms with E-state index in [1.165, 1.54) is 37.7 Å². The van der Waals surface area contributed by atoms with E-state index in [9.17, 15) is 0 Å². The average molecular weight is 274 g/mol. The summed E-state index contributed by atoms with van der Waals surface area (Å²) in [5, 5.41) is 3.90. The van der Waals surface area contributed by atoms with Gasteiger partial charge in [-0.05, 0) is 58.3 Å². The van der Waals surface area contributed by atoms with E-state index < -0.39 is 0 Å². The van der Waals surface area contributed by atoms with E-state index >= 15 is 0 Å². The van der Waals surface area contributed by atoms with Gasteiger partial charge in [0.1, 0.15) is 0 Å². The predicted octanol–water partition coefficient (Wildman–Crippen LogP) is 3.64. The van der Waals surface area contributed by atoms with Crippen LogP contribution in [0.5, 0.6) is 0 Å². The number of benzene rings is 1. The highest BCUT2D eigenvalue weighted by atomic mass is 15.1. The summed E-state index contributed by atoms with van der Waals surface area (Å²) in [6, 6.07) is 12.3. The third-order valence-electron chi connectivity index (χ3n) is 4.50. The summed E-state index contributed by atoms with van der Waals surface area (Å²) < 4.78 is 0. The summed E-state index contributed by atoms with van der Waals surface area (Å²) in [6.45, 7) is 3.50. The van der Waals surface area contributed by atoms with Gasteiger partial charge in [0.05, 0.1) is 0 Å². The molecule has 2 nitrogen and oxygen atoms in total. The minimum absolute atomic E-state index is 0.603. The summed E-state index contributed by atoms with van der Waals surface area (Å²) in [7, 11) is 4.31. The third-order valence-corrected chi connectivity index (χ3v) is 4.50. The van der Waals surface area contributed by atoms with Gasteiger partial charge in [-0.1, -0.05) is 43.2 Å². The molecule has 1 N–H and O–H groups in total. The largest absolute Gasteiger partial charge is 0.311 e. The zero-order valence-electron chi connectivity index (χ0n) is 13.3. The molecule has 0 amide bonds. The van der Waals surface area contributed by atoms with Crippen molar-refractivity contribution in [3.05, 3.63) is 35.9 Å². The van der Waals surface area contributed by atoms with Crippen LogP contribution in [0.1, 0.15) is 50.5 Å². The molecule has 0 saturated heterocycles. The lowest BCUT2D eigenvalue weighted by molar-refractivity contribution is 0.284. The molecule has 1 aliphatic rings. The van der Waals surface area contributed by atoms with E-state index in [-0.39, 0.29) is 0 Å². The van der Waals surface area contributed by atoms with Gasteiger partial charge in [0.2, 0.25) is 0 Å². The molecule has 0 bridgehead atoms.